The lowest BCUT2D eigenvalue weighted by molar-refractivity contribution is 0.569. The van der Waals surface area contributed by atoms with Crippen LogP contribution in [0.15, 0.2) is 18.2 Å². The van der Waals surface area contributed by atoms with E-state index in [-0.39, 0.29) is 0 Å². The molecule has 0 aliphatic carbocycles. The summed E-state index contributed by atoms with van der Waals surface area (Å²) in [6.45, 7) is 6.68. The SMILES string of the molecule is CCC1CCN(c2cccc(C)c2N)C1. The quantitative estimate of drug-likeness (QED) is 0.751. The lowest BCUT2D eigenvalue weighted by atomic mass is 10.1. The van der Waals surface area contributed by atoms with Crippen LogP contribution in [-0.2, 0) is 0 Å². The molecule has 1 unspecified atom stereocenters. The maximum Gasteiger partial charge on any atom is 0.0602 e. The maximum absolute atomic E-state index is 6.11. The molecule has 15 heavy (non-hydrogen) atoms. The van der Waals surface area contributed by atoms with Crippen LogP contribution in [0.2, 0.25) is 0 Å². The minimum Gasteiger partial charge on any atom is -0.397 e. The predicted octanol–water partition coefficient (Wildman–Crippen LogP) is 2.81. The van der Waals surface area contributed by atoms with Crippen LogP contribution in [0.4, 0.5) is 11.4 Å². The lowest BCUT2D eigenvalue weighted by Crippen LogP contribution is -2.20. The topological polar surface area (TPSA) is 29.3 Å². The summed E-state index contributed by atoms with van der Waals surface area (Å²) in [5.74, 6) is 0.852. The summed E-state index contributed by atoms with van der Waals surface area (Å²) in [5.41, 5.74) is 9.48. The summed E-state index contributed by atoms with van der Waals surface area (Å²) in [7, 11) is 0. The zero-order chi connectivity index (χ0) is 10.8. The molecule has 1 aliphatic rings. The van der Waals surface area contributed by atoms with Gasteiger partial charge in [0.2, 0.25) is 0 Å². The molecule has 2 heteroatoms. The van der Waals surface area contributed by atoms with Crippen molar-refractivity contribution in [1.29, 1.82) is 0 Å². The Balaban J connectivity index is 2.20. The molecule has 0 saturated carbocycles. The molecule has 1 heterocycles. The first kappa shape index (κ1) is 10.3. The first-order valence-corrected chi connectivity index (χ1v) is 5.82. The number of hydrogen-bond acceptors (Lipinski definition) is 2. The fraction of sp³-hybridized carbons (Fsp3) is 0.538. The summed E-state index contributed by atoms with van der Waals surface area (Å²) in [5, 5.41) is 0. The lowest BCUT2D eigenvalue weighted by Gasteiger charge is -2.21. The fourth-order valence-corrected chi connectivity index (χ4v) is 2.33. The van der Waals surface area contributed by atoms with Crippen LogP contribution in [0.25, 0.3) is 0 Å². The number of nitrogens with two attached hydrogens (primary N) is 1. The Labute approximate surface area is 92.1 Å². The van der Waals surface area contributed by atoms with Crippen LogP contribution < -0.4 is 10.6 Å². The second kappa shape index (κ2) is 4.13. The molecule has 0 spiro atoms. The minimum atomic E-state index is 0.852. The van der Waals surface area contributed by atoms with E-state index in [1.165, 1.54) is 30.6 Å². The molecule has 2 nitrogen and oxygen atoms in total. The number of para-hydroxylation sites is 1. The number of nitrogen functional groups attached to an aromatic ring is 1. The van der Waals surface area contributed by atoms with Crippen molar-refractivity contribution in [2.45, 2.75) is 26.7 Å². The molecule has 1 aliphatic heterocycles. The van der Waals surface area contributed by atoms with Gasteiger partial charge in [-0.15, -0.1) is 0 Å². The molecule has 0 aromatic heterocycles. The number of aryl methyl sites for hydroxylation is 1. The highest BCUT2D eigenvalue weighted by atomic mass is 15.2. The van der Waals surface area contributed by atoms with Crippen LogP contribution in [0, 0.1) is 12.8 Å². The van der Waals surface area contributed by atoms with E-state index in [1.54, 1.807) is 0 Å². The van der Waals surface area contributed by atoms with Crippen molar-refractivity contribution in [3.63, 3.8) is 0 Å². The largest absolute Gasteiger partial charge is 0.397 e. The molecular formula is C13H20N2. The molecule has 82 valence electrons. The fourth-order valence-electron chi connectivity index (χ4n) is 2.33. The van der Waals surface area contributed by atoms with Crippen molar-refractivity contribution in [2.24, 2.45) is 5.92 Å². The van der Waals surface area contributed by atoms with E-state index >= 15 is 0 Å². The Morgan fingerprint density at radius 2 is 2.27 bits per heavy atom. The summed E-state index contributed by atoms with van der Waals surface area (Å²) in [4.78, 5) is 2.43. The average molecular weight is 204 g/mol. The van der Waals surface area contributed by atoms with Crippen molar-refractivity contribution in [3.8, 4) is 0 Å². The van der Waals surface area contributed by atoms with Crippen molar-refractivity contribution < 1.29 is 0 Å². The molecular weight excluding hydrogens is 184 g/mol. The Bertz CT molecular complexity index is 346. The van der Waals surface area contributed by atoms with Gasteiger partial charge in [0.1, 0.15) is 0 Å². The van der Waals surface area contributed by atoms with Crippen LogP contribution in [0.5, 0.6) is 0 Å². The Morgan fingerprint density at radius 3 is 2.93 bits per heavy atom. The van der Waals surface area contributed by atoms with Crippen molar-refractivity contribution in [2.75, 3.05) is 23.7 Å². The standard InChI is InChI=1S/C13H20N2/c1-3-11-7-8-15(9-11)12-6-4-5-10(2)13(12)14/h4-6,11H,3,7-9,14H2,1-2H3. The van der Waals surface area contributed by atoms with Crippen molar-refractivity contribution >= 4 is 11.4 Å². The Morgan fingerprint density at radius 1 is 1.47 bits per heavy atom. The zero-order valence-corrected chi connectivity index (χ0v) is 9.66. The molecule has 2 N–H and O–H groups in total. The van der Waals surface area contributed by atoms with Gasteiger partial charge in [0, 0.05) is 13.1 Å². The molecule has 1 aromatic rings. The third-order valence-electron chi connectivity index (χ3n) is 3.51. The number of hydrogen-bond donors (Lipinski definition) is 1. The van der Waals surface area contributed by atoms with Gasteiger partial charge in [-0.3, -0.25) is 0 Å². The zero-order valence-electron chi connectivity index (χ0n) is 9.66. The van der Waals surface area contributed by atoms with Gasteiger partial charge in [-0.1, -0.05) is 25.5 Å². The molecule has 1 saturated heterocycles. The number of rotatable bonds is 2. The van der Waals surface area contributed by atoms with Gasteiger partial charge in [-0.25, -0.2) is 0 Å². The van der Waals surface area contributed by atoms with Gasteiger partial charge in [-0.05, 0) is 30.9 Å². The van der Waals surface area contributed by atoms with Crippen LogP contribution in [-0.4, -0.2) is 13.1 Å². The molecule has 0 bridgehead atoms. The van der Waals surface area contributed by atoms with Crippen molar-refractivity contribution in [1.82, 2.24) is 0 Å². The van der Waals surface area contributed by atoms with Gasteiger partial charge in [0.15, 0.2) is 0 Å². The van der Waals surface area contributed by atoms with E-state index in [9.17, 15) is 0 Å². The molecule has 1 atom stereocenters. The van der Waals surface area contributed by atoms with Crippen LogP contribution >= 0.6 is 0 Å². The van der Waals surface area contributed by atoms with Gasteiger partial charge < -0.3 is 10.6 Å². The summed E-state index contributed by atoms with van der Waals surface area (Å²) in [6.07, 6.45) is 2.59. The monoisotopic (exact) mass is 204 g/mol. The molecule has 1 aromatic carbocycles. The van der Waals surface area contributed by atoms with E-state index in [2.05, 4.69) is 36.9 Å². The summed E-state index contributed by atoms with van der Waals surface area (Å²) >= 11 is 0. The second-order valence-electron chi connectivity index (χ2n) is 4.52. The van der Waals surface area contributed by atoms with E-state index in [0.29, 0.717) is 0 Å². The molecule has 2 rings (SSSR count). The van der Waals surface area contributed by atoms with Gasteiger partial charge in [0.05, 0.1) is 11.4 Å². The molecule has 0 amide bonds. The van der Waals surface area contributed by atoms with Crippen LogP contribution in [0.1, 0.15) is 25.3 Å². The number of nitrogens with zero attached hydrogens (tertiary/aromatic N) is 1. The third kappa shape index (κ3) is 1.94. The highest BCUT2D eigenvalue weighted by molar-refractivity contribution is 5.71. The number of anilines is 2. The normalized spacial score (nSPS) is 20.9. The second-order valence-corrected chi connectivity index (χ2v) is 4.52. The van der Waals surface area contributed by atoms with Crippen LogP contribution in [0.3, 0.4) is 0 Å². The summed E-state index contributed by atoms with van der Waals surface area (Å²) in [6, 6.07) is 6.31. The van der Waals surface area contributed by atoms with E-state index in [1.807, 2.05) is 0 Å². The van der Waals surface area contributed by atoms with E-state index < -0.39 is 0 Å². The van der Waals surface area contributed by atoms with E-state index in [0.717, 1.165) is 18.2 Å². The highest BCUT2D eigenvalue weighted by Gasteiger charge is 2.22. The molecule has 0 radical (unpaired) electrons. The van der Waals surface area contributed by atoms with Gasteiger partial charge in [-0.2, -0.15) is 0 Å². The Hall–Kier alpha value is -1.18. The first-order chi connectivity index (χ1) is 7.22. The maximum atomic E-state index is 6.11. The van der Waals surface area contributed by atoms with Gasteiger partial charge >= 0.3 is 0 Å². The van der Waals surface area contributed by atoms with E-state index in [4.69, 9.17) is 5.73 Å². The first-order valence-electron chi connectivity index (χ1n) is 5.82. The summed E-state index contributed by atoms with van der Waals surface area (Å²) < 4.78 is 0. The number of benzene rings is 1. The average Bonchev–Trinajstić information content (AvgIpc) is 2.70. The predicted molar refractivity (Wildman–Crippen MR) is 66.2 cm³/mol. The van der Waals surface area contributed by atoms with Gasteiger partial charge in [0.25, 0.3) is 0 Å². The third-order valence-corrected chi connectivity index (χ3v) is 3.51. The minimum absolute atomic E-state index is 0.852. The molecule has 1 fully saturated rings. The smallest absolute Gasteiger partial charge is 0.0602 e. The Kier molecular flexibility index (Phi) is 2.85. The van der Waals surface area contributed by atoms with Crippen molar-refractivity contribution in [3.05, 3.63) is 23.8 Å². The highest BCUT2D eigenvalue weighted by Crippen LogP contribution is 2.31.